The van der Waals surface area contributed by atoms with E-state index in [1.54, 1.807) is 4.90 Å². The van der Waals surface area contributed by atoms with Crippen LogP contribution >= 0.6 is 0 Å². The van der Waals surface area contributed by atoms with Gasteiger partial charge in [0, 0.05) is 25.8 Å². The SMILES string of the molecule is O=C(NC1CCOCC1)[C@H]1CN(C(=O)Cc2ccc3c(c2)OCO3)CCO1. The highest BCUT2D eigenvalue weighted by Crippen LogP contribution is 2.32. The molecule has 0 spiro atoms. The minimum atomic E-state index is -0.623. The van der Waals surface area contributed by atoms with E-state index in [4.69, 9.17) is 18.9 Å². The number of rotatable bonds is 4. The number of carbonyl (C=O) groups excluding carboxylic acids is 2. The van der Waals surface area contributed by atoms with Crippen LogP contribution in [0.5, 0.6) is 11.5 Å². The molecule has 146 valence electrons. The Hall–Kier alpha value is -2.32. The molecule has 0 aliphatic carbocycles. The van der Waals surface area contributed by atoms with Crippen LogP contribution in [0.2, 0.25) is 0 Å². The predicted octanol–water partition coefficient (Wildman–Crippen LogP) is 0.480. The normalized spacial score (nSPS) is 22.5. The van der Waals surface area contributed by atoms with Gasteiger partial charge in [-0.05, 0) is 30.5 Å². The standard InChI is InChI=1S/C19H24N2O6/c22-18(10-13-1-2-15-16(9-13)27-12-26-15)21-5-8-25-17(11-21)19(23)20-14-3-6-24-7-4-14/h1-2,9,14,17H,3-8,10-12H2,(H,20,23)/t17-/m1/s1. The van der Waals surface area contributed by atoms with Gasteiger partial charge in [-0.25, -0.2) is 0 Å². The van der Waals surface area contributed by atoms with Crippen LogP contribution in [-0.4, -0.2) is 68.6 Å². The smallest absolute Gasteiger partial charge is 0.251 e. The van der Waals surface area contributed by atoms with Crippen LogP contribution in [0.3, 0.4) is 0 Å². The maximum Gasteiger partial charge on any atom is 0.251 e. The maximum absolute atomic E-state index is 12.7. The molecule has 3 heterocycles. The average Bonchev–Trinajstić information content (AvgIpc) is 3.16. The van der Waals surface area contributed by atoms with Crippen molar-refractivity contribution in [3.05, 3.63) is 23.8 Å². The summed E-state index contributed by atoms with van der Waals surface area (Å²) in [6.07, 6.45) is 1.25. The maximum atomic E-state index is 12.7. The van der Waals surface area contributed by atoms with E-state index in [-0.39, 0.29) is 37.6 Å². The van der Waals surface area contributed by atoms with Crippen molar-refractivity contribution in [2.24, 2.45) is 0 Å². The molecule has 2 saturated heterocycles. The summed E-state index contributed by atoms with van der Waals surface area (Å²) in [4.78, 5) is 26.8. The van der Waals surface area contributed by atoms with Gasteiger partial charge in [-0.15, -0.1) is 0 Å². The molecule has 1 aromatic carbocycles. The Labute approximate surface area is 157 Å². The Balaban J connectivity index is 1.31. The third-order valence-corrected chi connectivity index (χ3v) is 5.07. The molecule has 1 N–H and O–H groups in total. The lowest BCUT2D eigenvalue weighted by Gasteiger charge is -2.33. The molecule has 1 atom stereocenters. The van der Waals surface area contributed by atoms with Gasteiger partial charge >= 0.3 is 0 Å². The van der Waals surface area contributed by atoms with Gasteiger partial charge in [0.25, 0.3) is 5.91 Å². The van der Waals surface area contributed by atoms with E-state index in [0.29, 0.717) is 37.9 Å². The van der Waals surface area contributed by atoms with E-state index in [2.05, 4.69) is 5.32 Å². The molecule has 27 heavy (non-hydrogen) atoms. The number of carbonyl (C=O) groups is 2. The zero-order chi connectivity index (χ0) is 18.6. The van der Waals surface area contributed by atoms with E-state index in [0.717, 1.165) is 18.4 Å². The summed E-state index contributed by atoms with van der Waals surface area (Å²) in [6.45, 7) is 2.66. The van der Waals surface area contributed by atoms with Crippen molar-refractivity contribution in [1.29, 1.82) is 0 Å². The number of morpholine rings is 1. The summed E-state index contributed by atoms with van der Waals surface area (Å²) >= 11 is 0. The number of amides is 2. The molecular weight excluding hydrogens is 352 g/mol. The summed E-state index contributed by atoms with van der Waals surface area (Å²) in [5, 5.41) is 3.01. The third kappa shape index (κ3) is 4.33. The van der Waals surface area contributed by atoms with E-state index in [1.807, 2.05) is 18.2 Å². The quantitative estimate of drug-likeness (QED) is 0.823. The van der Waals surface area contributed by atoms with Crippen molar-refractivity contribution in [3.63, 3.8) is 0 Å². The molecule has 2 fully saturated rings. The van der Waals surface area contributed by atoms with Gasteiger partial charge in [0.1, 0.15) is 0 Å². The average molecular weight is 376 g/mol. The summed E-state index contributed by atoms with van der Waals surface area (Å²) in [7, 11) is 0. The summed E-state index contributed by atoms with van der Waals surface area (Å²) in [5.74, 6) is 1.18. The number of hydrogen-bond donors (Lipinski definition) is 1. The first-order valence-electron chi connectivity index (χ1n) is 9.35. The van der Waals surface area contributed by atoms with Crippen LogP contribution in [0.15, 0.2) is 18.2 Å². The first-order chi connectivity index (χ1) is 13.2. The summed E-state index contributed by atoms with van der Waals surface area (Å²) in [5.41, 5.74) is 0.860. The van der Waals surface area contributed by atoms with Crippen molar-refractivity contribution in [2.75, 3.05) is 39.7 Å². The Morgan fingerprint density at radius 2 is 1.93 bits per heavy atom. The largest absolute Gasteiger partial charge is 0.454 e. The highest BCUT2D eigenvalue weighted by Gasteiger charge is 2.30. The molecule has 3 aliphatic heterocycles. The second kappa shape index (κ2) is 8.14. The number of ether oxygens (including phenoxy) is 4. The number of benzene rings is 1. The zero-order valence-electron chi connectivity index (χ0n) is 15.1. The highest BCUT2D eigenvalue weighted by atomic mass is 16.7. The van der Waals surface area contributed by atoms with Crippen molar-refractivity contribution in [2.45, 2.75) is 31.4 Å². The van der Waals surface area contributed by atoms with Crippen molar-refractivity contribution >= 4 is 11.8 Å². The molecule has 0 bridgehead atoms. The Kier molecular flexibility index (Phi) is 5.45. The highest BCUT2D eigenvalue weighted by molar-refractivity contribution is 5.84. The van der Waals surface area contributed by atoms with E-state index < -0.39 is 6.10 Å². The molecule has 8 heteroatoms. The molecule has 0 radical (unpaired) electrons. The topological polar surface area (TPSA) is 86.3 Å². The van der Waals surface area contributed by atoms with Gasteiger partial charge in [-0.2, -0.15) is 0 Å². The Morgan fingerprint density at radius 1 is 1.11 bits per heavy atom. The van der Waals surface area contributed by atoms with Crippen LogP contribution in [-0.2, 0) is 25.5 Å². The van der Waals surface area contributed by atoms with Gasteiger partial charge in [0.15, 0.2) is 17.6 Å². The van der Waals surface area contributed by atoms with Crippen molar-refractivity contribution in [1.82, 2.24) is 10.2 Å². The van der Waals surface area contributed by atoms with Crippen molar-refractivity contribution in [3.8, 4) is 11.5 Å². The van der Waals surface area contributed by atoms with Gasteiger partial charge in [0.05, 0.1) is 19.6 Å². The first-order valence-corrected chi connectivity index (χ1v) is 9.35. The van der Waals surface area contributed by atoms with E-state index in [1.165, 1.54) is 0 Å². The van der Waals surface area contributed by atoms with Crippen LogP contribution in [0.1, 0.15) is 18.4 Å². The molecule has 1 aromatic rings. The first kappa shape index (κ1) is 18.1. The summed E-state index contributed by atoms with van der Waals surface area (Å²) < 4.78 is 21.6. The lowest BCUT2D eigenvalue weighted by atomic mass is 10.1. The molecule has 0 saturated carbocycles. The second-order valence-corrected chi connectivity index (χ2v) is 6.96. The molecule has 0 aromatic heterocycles. The Morgan fingerprint density at radius 3 is 2.78 bits per heavy atom. The van der Waals surface area contributed by atoms with Crippen LogP contribution in [0, 0.1) is 0 Å². The fourth-order valence-corrected chi connectivity index (χ4v) is 3.51. The molecule has 8 nitrogen and oxygen atoms in total. The Bertz CT molecular complexity index is 703. The third-order valence-electron chi connectivity index (χ3n) is 5.07. The van der Waals surface area contributed by atoms with Gasteiger partial charge in [-0.1, -0.05) is 6.07 Å². The fraction of sp³-hybridized carbons (Fsp3) is 0.579. The number of hydrogen-bond acceptors (Lipinski definition) is 6. The van der Waals surface area contributed by atoms with Crippen LogP contribution in [0.25, 0.3) is 0 Å². The molecular formula is C19H24N2O6. The molecule has 3 aliphatic rings. The van der Waals surface area contributed by atoms with Crippen LogP contribution in [0.4, 0.5) is 0 Å². The van der Waals surface area contributed by atoms with Crippen LogP contribution < -0.4 is 14.8 Å². The lowest BCUT2D eigenvalue weighted by Crippen LogP contribution is -2.54. The fourth-order valence-electron chi connectivity index (χ4n) is 3.51. The van der Waals surface area contributed by atoms with Gasteiger partial charge in [-0.3, -0.25) is 9.59 Å². The molecule has 0 unspecified atom stereocenters. The molecule has 4 rings (SSSR count). The number of nitrogens with zero attached hydrogens (tertiary/aromatic N) is 1. The number of nitrogens with one attached hydrogen (secondary N) is 1. The van der Waals surface area contributed by atoms with Crippen molar-refractivity contribution < 1.29 is 28.5 Å². The minimum absolute atomic E-state index is 0.0268. The molecule has 2 amide bonds. The van der Waals surface area contributed by atoms with E-state index >= 15 is 0 Å². The second-order valence-electron chi connectivity index (χ2n) is 6.96. The van der Waals surface area contributed by atoms with E-state index in [9.17, 15) is 9.59 Å². The monoisotopic (exact) mass is 376 g/mol. The predicted molar refractivity (Wildman–Crippen MR) is 94.6 cm³/mol. The lowest BCUT2D eigenvalue weighted by molar-refractivity contribution is -0.147. The minimum Gasteiger partial charge on any atom is -0.454 e. The van der Waals surface area contributed by atoms with Gasteiger partial charge < -0.3 is 29.2 Å². The zero-order valence-corrected chi connectivity index (χ0v) is 15.1. The summed E-state index contributed by atoms with van der Waals surface area (Å²) in [6, 6.07) is 5.63. The van der Waals surface area contributed by atoms with Gasteiger partial charge in [0.2, 0.25) is 12.7 Å². The number of fused-ring (bicyclic) bond motifs is 1.